The first kappa shape index (κ1) is 80.1. The molecule has 0 unspecified atom stereocenters. The van der Waals surface area contributed by atoms with E-state index >= 15 is 0 Å². The first-order chi connectivity index (χ1) is 1.41. The third-order valence-electron chi connectivity index (χ3n) is 0. The SMILES string of the molecule is O.O.O.[F-].[F-].[O]=[U+2]=[O]. The molecule has 0 aromatic rings. The van der Waals surface area contributed by atoms with Crippen LogP contribution in [0.25, 0.3) is 0 Å². The van der Waals surface area contributed by atoms with E-state index in [2.05, 4.69) is 0 Å². The minimum atomic E-state index is -2.51. The van der Waals surface area contributed by atoms with Crippen molar-refractivity contribution in [3.8, 4) is 0 Å². The van der Waals surface area contributed by atoms with Gasteiger partial charge in [0.15, 0.2) is 0 Å². The van der Waals surface area contributed by atoms with Crippen molar-refractivity contribution < 1.29 is 58.1 Å². The van der Waals surface area contributed by atoms with Crippen LogP contribution in [0.4, 0.5) is 0 Å². The van der Waals surface area contributed by atoms with Gasteiger partial charge in [-0.3, -0.25) is 0 Å². The molecule has 6 N–H and O–H groups in total. The number of rotatable bonds is 0. The zero-order chi connectivity index (χ0) is 2.71. The quantitative estimate of drug-likeness (QED) is 0.424. The van der Waals surface area contributed by atoms with Gasteiger partial charge >= 0.3 is 32.3 Å². The van der Waals surface area contributed by atoms with Gasteiger partial charge in [0.05, 0.1) is 0 Å². The summed E-state index contributed by atoms with van der Waals surface area (Å²) in [7, 11) is 0. The summed E-state index contributed by atoms with van der Waals surface area (Å²) in [5, 5.41) is 0. The Balaban J connectivity index is -0.00000000200. The van der Waals surface area contributed by atoms with Crippen LogP contribution in [-0.4, -0.2) is 16.4 Å². The summed E-state index contributed by atoms with van der Waals surface area (Å²) in [6, 6.07) is 0. The molecule has 0 saturated carbocycles. The summed E-state index contributed by atoms with van der Waals surface area (Å²) in [4.78, 5) is 0. The van der Waals surface area contributed by atoms with Gasteiger partial charge in [-0.2, -0.15) is 0 Å². The van der Waals surface area contributed by atoms with Crippen molar-refractivity contribution in [3.63, 3.8) is 0 Å². The van der Waals surface area contributed by atoms with E-state index in [1.54, 1.807) is 0 Å². The number of hydrogen-bond donors (Lipinski definition) is 0. The molecule has 8 heteroatoms. The molecule has 0 aromatic carbocycles. The van der Waals surface area contributed by atoms with Crippen molar-refractivity contribution in [2.24, 2.45) is 0 Å². The van der Waals surface area contributed by atoms with Gasteiger partial charge < -0.3 is 25.8 Å². The maximum absolute atomic E-state index is 8.58. The molecule has 0 aliphatic heterocycles. The van der Waals surface area contributed by atoms with Gasteiger partial charge in [-0.15, -0.1) is 0 Å². The van der Waals surface area contributed by atoms with Crippen molar-refractivity contribution in [1.82, 2.24) is 0 Å². The summed E-state index contributed by atoms with van der Waals surface area (Å²) < 4.78 is 17.2. The Hall–Kier alpha value is 0.392. The van der Waals surface area contributed by atoms with E-state index in [-0.39, 0.29) is 25.8 Å². The van der Waals surface area contributed by atoms with E-state index in [9.17, 15) is 0 Å². The predicted octanol–water partition coefficient (Wildman–Crippen LogP) is -8.70. The molecule has 0 spiro atoms. The van der Waals surface area contributed by atoms with Crippen LogP contribution in [0, 0.1) is 27.8 Å². The third-order valence-corrected chi connectivity index (χ3v) is 0. The summed E-state index contributed by atoms with van der Waals surface area (Å²) in [5.41, 5.74) is 0. The van der Waals surface area contributed by atoms with Crippen molar-refractivity contribution >= 4 is 0 Å². The van der Waals surface area contributed by atoms with Gasteiger partial charge in [0, 0.05) is 0 Å². The van der Waals surface area contributed by atoms with Crippen LogP contribution in [0.5, 0.6) is 0 Å². The van der Waals surface area contributed by atoms with Gasteiger partial charge in [0.2, 0.25) is 0 Å². The van der Waals surface area contributed by atoms with Crippen LogP contribution in [0.3, 0.4) is 0 Å². The molecule has 5 nitrogen and oxygen atoms in total. The first-order valence-electron chi connectivity index (χ1n) is 0.408. The van der Waals surface area contributed by atoms with E-state index in [1.165, 1.54) is 0 Å². The van der Waals surface area contributed by atoms with Crippen LogP contribution < -0.4 is 9.41 Å². The molecular weight excluding hydrogens is 356 g/mol. The zero-order valence-electron chi connectivity index (χ0n) is 3.57. The molecular formula is H6F2O5U. The Morgan fingerprint density at radius 2 is 0.750 bits per heavy atom. The Labute approximate surface area is 58.3 Å². The van der Waals surface area contributed by atoms with E-state index in [4.69, 9.17) is 4.47 Å². The molecule has 0 saturated heterocycles. The molecule has 0 radical (unpaired) electrons. The second-order valence-corrected chi connectivity index (χ2v) is 0.777. The molecule has 0 fully saturated rings. The fraction of sp³-hybridized carbons (Fsp3) is 0. The summed E-state index contributed by atoms with van der Waals surface area (Å²) >= 11 is -2.51. The van der Waals surface area contributed by atoms with E-state index < -0.39 is 27.8 Å². The predicted molar refractivity (Wildman–Crippen MR) is 12.2 cm³/mol. The van der Waals surface area contributed by atoms with Crippen LogP contribution in [0.1, 0.15) is 0 Å². The maximum atomic E-state index is 8.58. The number of hydrogen-bond acceptors (Lipinski definition) is 2. The van der Waals surface area contributed by atoms with E-state index in [0.717, 1.165) is 0 Å². The Bertz CT molecular complexity index is 31.4. The average Bonchev–Trinajstić information content (AvgIpc) is 0.918. The summed E-state index contributed by atoms with van der Waals surface area (Å²) in [6.07, 6.45) is 0. The summed E-state index contributed by atoms with van der Waals surface area (Å²) in [5.74, 6) is 0. The van der Waals surface area contributed by atoms with E-state index in [0.29, 0.717) is 0 Å². The van der Waals surface area contributed by atoms with Crippen LogP contribution in [0.2, 0.25) is 0 Å². The first-order valence-corrected chi connectivity index (χ1v) is 3.81. The van der Waals surface area contributed by atoms with E-state index in [1.807, 2.05) is 0 Å². The zero-order valence-corrected chi connectivity index (χ0v) is 7.74. The van der Waals surface area contributed by atoms with Gasteiger partial charge in [0.1, 0.15) is 0 Å². The molecule has 0 bridgehead atoms. The monoisotopic (exact) mass is 362 g/mol. The van der Waals surface area contributed by atoms with Crippen LogP contribution in [-0.2, 0) is 4.47 Å². The molecule has 0 aromatic heterocycles. The second kappa shape index (κ2) is 156. The Morgan fingerprint density at radius 1 is 0.750 bits per heavy atom. The van der Waals surface area contributed by atoms with Crippen molar-refractivity contribution in [3.05, 3.63) is 0 Å². The summed E-state index contributed by atoms with van der Waals surface area (Å²) in [6.45, 7) is 0. The molecule has 0 atom stereocenters. The standard InChI is InChI=1S/2FH.3H2O.2O.U/h2*1H;3*1H2;;;/q;;;;;;;+2/p-2. The molecule has 0 rings (SSSR count). The molecule has 0 aliphatic rings. The van der Waals surface area contributed by atoms with Gasteiger partial charge in [0.25, 0.3) is 0 Å². The Morgan fingerprint density at radius 3 is 0.750 bits per heavy atom. The molecule has 0 aliphatic carbocycles. The fourth-order valence-electron chi connectivity index (χ4n) is 0. The van der Waals surface area contributed by atoms with Crippen LogP contribution >= 0.6 is 0 Å². The minimum absolute atomic E-state index is 0. The average molecular weight is 362 g/mol. The molecule has 54 valence electrons. The van der Waals surface area contributed by atoms with Crippen molar-refractivity contribution in [2.75, 3.05) is 0 Å². The second-order valence-electron chi connectivity index (χ2n) is 0.0833. The fourth-order valence-corrected chi connectivity index (χ4v) is 0. The molecule has 8 heavy (non-hydrogen) atoms. The molecule has 0 heterocycles. The topological polar surface area (TPSA) is 129 Å². The number of halogens is 2. The molecule has 0 amide bonds. The van der Waals surface area contributed by atoms with Crippen molar-refractivity contribution in [2.45, 2.75) is 0 Å². The van der Waals surface area contributed by atoms with Gasteiger partial charge in [-0.25, -0.2) is 0 Å². The van der Waals surface area contributed by atoms with Gasteiger partial charge in [-0.05, 0) is 0 Å². The normalized spacial score (nSPS) is 1.00. The van der Waals surface area contributed by atoms with Crippen LogP contribution in [0.15, 0.2) is 0 Å². The van der Waals surface area contributed by atoms with Gasteiger partial charge in [-0.1, -0.05) is 0 Å². The Kier molecular flexibility index (Phi) is 1560. The third kappa shape index (κ3) is 1210. The van der Waals surface area contributed by atoms with Crippen molar-refractivity contribution in [1.29, 1.82) is 0 Å².